The lowest BCUT2D eigenvalue weighted by molar-refractivity contribution is 0.0696. The summed E-state index contributed by atoms with van der Waals surface area (Å²) in [6.07, 6.45) is 1.78. The van der Waals surface area contributed by atoms with E-state index in [2.05, 4.69) is 5.32 Å². The molecule has 0 atom stereocenters. The number of furan rings is 1. The van der Waals surface area contributed by atoms with Crippen LogP contribution in [0.2, 0.25) is 5.02 Å². The molecule has 2 heterocycles. The molecule has 0 bridgehead atoms. The zero-order chi connectivity index (χ0) is 17.1. The van der Waals surface area contributed by atoms with Crippen molar-refractivity contribution in [1.82, 2.24) is 5.32 Å². The predicted molar refractivity (Wildman–Crippen MR) is 83.9 cm³/mol. The van der Waals surface area contributed by atoms with E-state index in [1.807, 2.05) is 0 Å². The van der Waals surface area contributed by atoms with Crippen molar-refractivity contribution >= 4 is 23.5 Å². The molecule has 0 spiro atoms. The van der Waals surface area contributed by atoms with Crippen molar-refractivity contribution in [1.29, 1.82) is 0 Å². The Morgan fingerprint density at radius 2 is 2.00 bits per heavy atom. The van der Waals surface area contributed by atoms with Gasteiger partial charge in [-0.3, -0.25) is 4.79 Å². The van der Waals surface area contributed by atoms with Gasteiger partial charge in [-0.25, -0.2) is 4.79 Å². The molecule has 1 aliphatic heterocycles. The van der Waals surface area contributed by atoms with Crippen LogP contribution in [0.3, 0.4) is 0 Å². The number of carboxylic acids is 1. The van der Waals surface area contributed by atoms with Gasteiger partial charge in [-0.05, 0) is 17.7 Å². The first-order valence-electron chi connectivity index (χ1n) is 7.22. The predicted octanol–water partition coefficient (Wildman–Crippen LogP) is 2.72. The molecule has 0 unspecified atom stereocenters. The van der Waals surface area contributed by atoms with Gasteiger partial charge in [0.15, 0.2) is 17.3 Å². The van der Waals surface area contributed by atoms with Gasteiger partial charge >= 0.3 is 5.97 Å². The number of carbonyl (C=O) groups excluding carboxylic acids is 1. The molecule has 2 N–H and O–H groups in total. The lowest BCUT2D eigenvalue weighted by atomic mass is 10.2. The normalized spacial score (nSPS) is 13.2. The number of benzene rings is 1. The first-order valence-corrected chi connectivity index (χ1v) is 7.60. The fourth-order valence-corrected chi connectivity index (χ4v) is 2.51. The Morgan fingerprint density at radius 1 is 1.21 bits per heavy atom. The third-order valence-corrected chi connectivity index (χ3v) is 3.67. The number of nitrogens with one attached hydrogen (secondary N) is 1. The number of carboxylic acid groups (broad SMARTS) is 1. The van der Waals surface area contributed by atoms with E-state index >= 15 is 0 Å². The highest BCUT2D eigenvalue weighted by molar-refractivity contribution is 6.32. The summed E-state index contributed by atoms with van der Waals surface area (Å²) < 4.78 is 16.1. The number of rotatable bonds is 4. The molecule has 0 fully saturated rings. The van der Waals surface area contributed by atoms with E-state index < -0.39 is 11.9 Å². The van der Waals surface area contributed by atoms with Gasteiger partial charge < -0.3 is 24.3 Å². The van der Waals surface area contributed by atoms with Crippen molar-refractivity contribution in [2.75, 3.05) is 13.2 Å². The minimum Gasteiger partial charge on any atom is -0.489 e. The molecule has 1 aromatic heterocycles. The molecule has 24 heavy (non-hydrogen) atoms. The molecule has 2 aromatic rings. The topological polar surface area (TPSA) is 98.0 Å². The smallest absolute Gasteiger partial charge is 0.338 e. The molecule has 7 nitrogen and oxygen atoms in total. The number of hydrogen-bond acceptors (Lipinski definition) is 5. The summed E-state index contributed by atoms with van der Waals surface area (Å²) in [5, 5.41) is 11.9. The Kier molecular flexibility index (Phi) is 4.61. The van der Waals surface area contributed by atoms with Crippen LogP contribution in [0, 0.1) is 0 Å². The van der Waals surface area contributed by atoms with Crippen molar-refractivity contribution in [3.63, 3.8) is 0 Å². The van der Waals surface area contributed by atoms with Crippen molar-refractivity contribution < 1.29 is 28.6 Å². The quantitative estimate of drug-likeness (QED) is 0.878. The maximum atomic E-state index is 12.0. The maximum absolute atomic E-state index is 12.0. The van der Waals surface area contributed by atoms with Crippen LogP contribution < -0.4 is 14.8 Å². The zero-order valence-corrected chi connectivity index (χ0v) is 13.3. The van der Waals surface area contributed by atoms with Crippen LogP contribution in [-0.2, 0) is 6.54 Å². The average molecular weight is 352 g/mol. The third-order valence-electron chi connectivity index (χ3n) is 3.39. The highest BCUT2D eigenvalue weighted by Gasteiger charge is 2.17. The largest absolute Gasteiger partial charge is 0.489 e. The highest BCUT2D eigenvalue weighted by atomic mass is 35.5. The third kappa shape index (κ3) is 3.46. The van der Waals surface area contributed by atoms with Gasteiger partial charge in [-0.2, -0.15) is 0 Å². The van der Waals surface area contributed by atoms with Crippen molar-refractivity contribution in [2.45, 2.75) is 13.0 Å². The fourth-order valence-electron chi connectivity index (χ4n) is 2.22. The number of carbonyl (C=O) groups is 2. The van der Waals surface area contributed by atoms with Gasteiger partial charge in [0.05, 0.1) is 23.8 Å². The van der Waals surface area contributed by atoms with E-state index in [0.717, 1.165) is 18.2 Å². The lowest BCUT2D eigenvalue weighted by Gasteiger charge is -2.12. The maximum Gasteiger partial charge on any atom is 0.338 e. The summed E-state index contributed by atoms with van der Waals surface area (Å²) in [5.41, 5.74) is 0.640. The second-order valence-corrected chi connectivity index (χ2v) is 5.55. The van der Waals surface area contributed by atoms with E-state index in [-0.39, 0.29) is 17.9 Å². The summed E-state index contributed by atoms with van der Waals surface area (Å²) in [6, 6.07) is 4.59. The minimum atomic E-state index is -1.16. The minimum absolute atomic E-state index is 0.0761. The summed E-state index contributed by atoms with van der Waals surface area (Å²) in [5.74, 6) is -0.720. The zero-order valence-electron chi connectivity index (χ0n) is 12.5. The van der Waals surface area contributed by atoms with Crippen LogP contribution in [0.25, 0.3) is 0 Å². The SMILES string of the molecule is O=C(O)c1coc(C(=O)NCc2cc(Cl)c3c(c2)OCCCO3)c1. The molecule has 1 amide bonds. The number of halogens is 1. The summed E-state index contributed by atoms with van der Waals surface area (Å²) >= 11 is 6.19. The molecule has 0 radical (unpaired) electrons. The Balaban J connectivity index is 1.70. The Hall–Kier alpha value is -2.67. The average Bonchev–Trinajstić information content (AvgIpc) is 2.93. The number of ether oxygens (including phenoxy) is 2. The highest BCUT2D eigenvalue weighted by Crippen LogP contribution is 2.37. The van der Waals surface area contributed by atoms with E-state index in [4.69, 9.17) is 30.6 Å². The standard InChI is InChI=1S/C16H14ClNO6/c17-11-4-9(5-12-14(11)23-3-1-2-22-12)7-18-15(19)13-6-10(8-24-13)16(20)21/h4-6,8H,1-3,7H2,(H,18,19)(H,20,21). The van der Waals surface area contributed by atoms with E-state index in [1.165, 1.54) is 6.07 Å². The molecule has 1 aliphatic rings. The molecule has 0 saturated heterocycles. The molecule has 0 aliphatic carbocycles. The molecule has 1 aromatic carbocycles. The van der Waals surface area contributed by atoms with Crippen LogP contribution >= 0.6 is 11.6 Å². The molecule has 126 valence electrons. The van der Waals surface area contributed by atoms with Gasteiger partial charge in [-0.1, -0.05) is 11.6 Å². The Morgan fingerprint density at radius 3 is 2.75 bits per heavy atom. The first kappa shape index (κ1) is 16.2. The van der Waals surface area contributed by atoms with Crippen LogP contribution in [0.15, 0.2) is 28.9 Å². The van der Waals surface area contributed by atoms with Gasteiger partial charge in [0.2, 0.25) is 0 Å². The van der Waals surface area contributed by atoms with Gasteiger partial charge in [0.1, 0.15) is 6.26 Å². The summed E-state index contributed by atoms with van der Waals surface area (Å²) in [4.78, 5) is 22.8. The number of hydrogen-bond donors (Lipinski definition) is 2. The van der Waals surface area contributed by atoms with Crippen molar-refractivity contribution in [3.05, 3.63) is 46.4 Å². The molecular weight excluding hydrogens is 338 g/mol. The first-order chi connectivity index (χ1) is 11.5. The molecule has 0 saturated carbocycles. The molecule has 3 rings (SSSR count). The number of fused-ring (bicyclic) bond motifs is 1. The molecular formula is C16H14ClNO6. The fraction of sp³-hybridized carbons (Fsp3) is 0.250. The van der Waals surface area contributed by atoms with Crippen LogP contribution in [-0.4, -0.2) is 30.2 Å². The van der Waals surface area contributed by atoms with Gasteiger partial charge in [0.25, 0.3) is 5.91 Å². The second kappa shape index (κ2) is 6.84. The molecule has 8 heteroatoms. The summed E-state index contributed by atoms with van der Waals surface area (Å²) in [7, 11) is 0. The van der Waals surface area contributed by atoms with Crippen LogP contribution in [0.1, 0.15) is 32.9 Å². The van der Waals surface area contributed by atoms with E-state index in [1.54, 1.807) is 12.1 Å². The van der Waals surface area contributed by atoms with Crippen LogP contribution in [0.5, 0.6) is 11.5 Å². The summed E-state index contributed by atoms with van der Waals surface area (Å²) in [6.45, 7) is 1.25. The number of aromatic carboxylic acids is 1. The van der Waals surface area contributed by atoms with Gasteiger partial charge in [0, 0.05) is 19.0 Å². The Labute approximate surface area is 142 Å². The number of amides is 1. The lowest BCUT2D eigenvalue weighted by Crippen LogP contribution is -2.22. The second-order valence-electron chi connectivity index (χ2n) is 5.14. The van der Waals surface area contributed by atoms with E-state index in [9.17, 15) is 9.59 Å². The van der Waals surface area contributed by atoms with E-state index in [0.29, 0.717) is 29.7 Å². The van der Waals surface area contributed by atoms with Crippen molar-refractivity contribution in [3.8, 4) is 11.5 Å². The monoisotopic (exact) mass is 351 g/mol. The van der Waals surface area contributed by atoms with Crippen molar-refractivity contribution in [2.24, 2.45) is 0 Å². The Bertz CT molecular complexity index is 785. The van der Waals surface area contributed by atoms with Crippen LogP contribution in [0.4, 0.5) is 0 Å². The van der Waals surface area contributed by atoms with Gasteiger partial charge in [-0.15, -0.1) is 0 Å².